The van der Waals surface area contributed by atoms with Crippen LogP contribution in [0.5, 0.6) is 0 Å². The van der Waals surface area contributed by atoms with Crippen molar-refractivity contribution in [3.05, 3.63) is 54.1 Å². The second-order valence-corrected chi connectivity index (χ2v) is 4.80. The highest BCUT2D eigenvalue weighted by molar-refractivity contribution is 5.80. The summed E-state index contributed by atoms with van der Waals surface area (Å²) < 4.78 is 6.72. The molecule has 0 aliphatic heterocycles. The van der Waals surface area contributed by atoms with Gasteiger partial charge in [0.1, 0.15) is 12.6 Å². The van der Waals surface area contributed by atoms with E-state index in [1.807, 2.05) is 30.3 Å². The maximum Gasteiger partial charge on any atom is 0.408 e. The molecule has 7 heteroatoms. The van der Waals surface area contributed by atoms with E-state index in [2.05, 4.69) is 10.3 Å². The largest absolute Gasteiger partial charge is 0.480 e. The first-order valence-electron chi connectivity index (χ1n) is 6.71. The summed E-state index contributed by atoms with van der Waals surface area (Å²) in [4.78, 5) is 26.9. The number of hydrogen-bond acceptors (Lipinski definition) is 4. The third-order valence-corrected chi connectivity index (χ3v) is 3.13. The third kappa shape index (κ3) is 4.34. The average molecular weight is 303 g/mol. The van der Waals surface area contributed by atoms with Crippen LogP contribution in [-0.2, 0) is 29.6 Å². The van der Waals surface area contributed by atoms with Crippen molar-refractivity contribution in [2.24, 2.45) is 7.05 Å². The highest BCUT2D eigenvalue weighted by Gasteiger charge is 2.22. The number of carboxylic acid groups (broad SMARTS) is 1. The van der Waals surface area contributed by atoms with Gasteiger partial charge in [0, 0.05) is 25.4 Å². The van der Waals surface area contributed by atoms with Crippen molar-refractivity contribution in [1.29, 1.82) is 0 Å². The number of rotatable bonds is 6. The SMILES string of the molecule is Cn1cncc1C[C@@H](NC(=O)OCc1ccccc1)C(=O)O. The predicted octanol–water partition coefficient (Wildman–Crippen LogP) is 1.34. The molecule has 2 rings (SSSR count). The van der Waals surface area contributed by atoms with Crippen LogP contribution in [0.15, 0.2) is 42.9 Å². The van der Waals surface area contributed by atoms with Crippen molar-refractivity contribution in [3.63, 3.8) is 0 Å². The van der Waals surface area contributed by atoms with Gasteiger partial charge < -0.3 is 19.7 Å². The lowest BCUT2D eigenvalue weighted by molar-refractivity contribution is -0.139. The van der Waals surface area contributed by atoms with Crippen LogP contribution in [0.4, 0.5) is 4.79 Å². The Balaban J connectivity index is 1.89. The summed E-state index contributed by atoms with van der Waals surface area (Å²) >= 11 is 0. The summed E-state index contributed by atoms with van der Waals surface area (Å²) in [6.07, 6.45) is 2.50. The number of ether oxygens (including phenoxy) is 1. The van der Waals surface area contributed by atoms with Crippen molar-refractivity contribution >= 4 is 12.1 Å². The van der Waals surface area contributed by atoms with E-state index in [0.717, 1.165) is 5.56 Å². The van der Waals surface area contributed by atoms with Crippen molar-refractivity contribution in [3.8, 4) is 0 Å². The molecule has 0 unspecified atom stereocenters. The predicted molar refractivity (Wildman–Crippen MR) is 78.1 cm³/mol. The Morgan fingerprint density at radius 3 is 2.68 bits per heavy atom. The van der Waals surface area contributed by atoms with Gasteiger partial charge in [0.15, 0.2) is 0 Å². The number of amides is 1. The lowest BCUT2D eigenvalue weighted by atomic mass is 10.1. The molecule has 1 amide bonds. The zero-order valence-corrected chi connectivity index (χ0v) is 12.1. The second kappa shape index (κ2) is 7.26. The number of nitrogens with zero attached hydrogens (tertiary/aromatic N) is 2. The number of carbonyl (C=O) groups excluding carboxylic acids is 1. The number of aryl methyl sites for hydroxylation is 1. The smallest absolute Gasteiger partial charge is 0.408 e. The van der Waals surface area contributed by atoms with E-state index in [1.165, 1.54) is 0 Å². The molecule has 116 valence electrons. The molecule has 0 aliphatic rings. The fourth-order valence-electron chi connectivity index (χ4n) is 1.90. The van der Waals surface area contributed by atoms with Gasteiger partial charge in [0.2, 0.25) is 0 Å². The van der Waals surface area contributed by atoms with E-state index in [-0.39, 0.29) is 13.0 Å². The quantitative estimate of drug-likeness (QED) is 0.840. The van der Waals surface area contributed by atoms with Crippen LogP contribution in [0.3, 0.4) is 0 Å². The van der Waals surface area contributed by atoms with Crippen molar-refractivity contribution in [1.82, 2.24) is 14.9 Å². The van der Waals surface area contributed by atoms with E-state index in [1.54, 1.807) is 24.1 Å². The van der Waals surface area contributed by atoms with Gasteiger partial charge in [-0.3, -0.25) is 0 Å². The zero-order valence-electron chi connectivity index (χ0n) is 12.1. The fraction of sp³-hybridized carbons (Fsp3) is 0.267. The number of hydrogen-bond donors (Lipinski definition) is 2. The molecule has 2 N–H and O–H groups in total. The monoisotopic (exact) mass is 303 g/mol. The van der Waals surface area contributed by atoms with Crippen LogP contribution < -0.4 is 5.32 Å². The summed E-state index contributed by atoms with van der Waals surface area (Å²) in [5.41, 5.74) is 1.53. The third-order valence-electron chi connectivity index (χ3n) is 3.13. The zero-order chi connectivity index (χ0) is 15.9. The molecular weight excluding hydrogens is 286 g/mol. The number of aromatic nitrogens is 2. The molecule has 0 bridgehead atoms. The summed E-state index contributed by atoms with van der Waals surface area (Å²) in [5, 5.41) is 11.5. The van der Waals surface area contributed by atoms with Crippen molar-refractivity contribution < 1.29 is 19.4 Å². The lowest BCUT2D eigenvalue weighted by Gasteiger charge is -2.14. The van der Waals surface area contributed by atoms with Gasteiger partial charge in [0.05, 0.1) is 6.33 Å². The summed E-state index contributed by atoms with van der Waals surface area (Å²) in [6.45, 7) is 0.0880. The molecule has 0 radical (unpaired) electrons. The van der Waals surface area contributed by atoms with E-state index in [4.69, 9.17) is 4.74 Å². The first-order valence-corrected chi connectivity index (χ1v) is 6.71. The van der Waals surface area contributed by atoms with Crippen LogP contribution in [0.25, 0.3) is 0 Å². The molecule has 2 aromatic rings. The minimum Gasteiger partial charge on any atom is -0.480 e. The number of imidazole rings is 1. The fourth-order valence-corrected chi connectivity index (χ4v) is 1.90. The Hall–Kier alpha value is -2.83. The number of nitrogens with one attached hydrogen (secondary N) is 1. The van der Waals surface area contributed by atoms with E-state index in [9.17, 15) is 14.7 Å². The lowest BCUT2D eigenvalue weighted by Crippen LogP contribution is -2.42. The minimum atomic E-state index is -1.13. The van der Waals surface area contributed by atoms with Gasteiger partial charge >= 0.3 is 12.1 Å². The standard InChI is InChI=1S/C15H17N3O4/c1-18-10-16-8-12(18)7-13(14(19)20)17-15(21)22-9-11-5-3-2-4-6-11/h2-6,8,10,13H,7,9H2,1H3,(H,17,21)(H,19,20)/t13-/m1/s1. The van der Waals surface area contributed by atoms with Gasteiger partial charge in [-0.2, -0.15) is 0 Å². The Labute approximate surface area is 127 Å². The summed E-state index contributed by atoms with van der Waals surface area (Å²) in [7, 11) is 1.76. The molecule has 1 aromatic carbocycles. The van der Waals surface area contributed by atoms with Gasteiger partial charge in [0.25, 0.3) is 0 Å². The molecule has 1 atom stereocenters. The Bertz CT molecular complexity index is 639. The molecular formula is C15H17N3O4. The Kier molecular flexibility index (Phi) is 5.13. The molecule has 0 saturated carbocycles. The molecule has 7 nitrogen and oxygen atoms in total. The summed E-state index contributed by atoms with van der Waals surface area (Å²) in [6, 6.07) is 8.09. The van der Waals surface area contributed by atoms with Crippen molar-refractivity contribution in [2.45, 2.75) is 19.1 Å². The van der Waals surface area contributed by atoms with Gasteiger partial charge in [-0.15, -0.1) is 0 Å². The molecule has 0 fully saturated rings. The minimum absolute atomic E-state index is 0.0880. The van der Waals surface area contributed by atoms with Crippen molar-refractivity contribution in [2.75, 3.05) is 0 Å². The number of benzene rings is 1. The van der Waals surface area contributed by atoms with Gasteiger partial charge in [-0.1, -0.05) is 30.3 Å². The van der Waals surface area contributed by atoms with Crippen LogP contribution in [0, 0.1) is 0 Å². The van der Waals surface area contributed by atoms with E-state index in [0.29, 0.717) is 5.69 Å². The first-order chi connectivity index (χ1) is 10.6. The summed E-state index contributed by atoms with van der Waals surface area (Å²) in [5.74, 6) is -1.13. The topological polar surface area (TPSA) is 93.5 Å². The van der Waals surface area contributed by atoms with Gasteiger partial charge in [-0.05, 0) is 5.56 Å². The second-order valence-electron chi connectivity index (χ2n) is 4.80. The van der Waals surface area contributed by atoms with Gasteiger partial charge in [-0.25, -0.2) is 14.6 Å². The van der Waals surface area contributed by atoms with Crippen LogP contribution in [-0.4, -0.2) is 32.8 Å². The van der Waals surface area contributed by atoms with Crippen LogP contribution in [0.2, 0.25) is 0 Å². The molecule has 0 aliphatic carbocycles. The normalized spacial score (nSPS) is 11.7. The van der Waals surface area contributed by atoms with E-state index >= 15 is 0 Å². The molecule has 1 heterocycles. The average Bonchev–Trinajstić information content (AvgIpc) is 2.91. The molecule has 0 spiro atoms. The highest BCUT2D eigenvalue weighted by atomic mass is 16.5. The molecule has 1 aromatic heterocycles. The Morgan fingerprint density at radius 1 is 1.36 bits per heavy atom. The Morgan fingerprint density at radius 2 is 2.09 bits per heavy atom. The maximum absolute atomic E-state index is 11.7. The first kappa shape index (κ1) is 15.6. The number of aliphatic carboxylic acids is 1. The van der Waals surface area contributed by atoms with Crippen LogP contribution in [0.1, 0.15) is 11.3 Å². The number of alkyl carbamates (subject to hydrolysis) is 1. The van der Waals surface area contributed by atoms with Crippen LogP contribution >= 0.6 is 0 Å². The number of carboxylic acids is 1. The maximum atomic E-state index is 11.7. The number of carbonyl (C=O) groups is 2. The highest BCUT2D eigenvalue weighted by Crippen LogP contribution is 2.04. The molecule has 22 heavy (non-hydrogen) atoms. The molecule has 0 saturated heterocycles. The van der Waals surface area contributed by atoms with E-state index < -0.39 is 18.1 Å².